The van der Waals surface area contributed by atoms with E-state index < -0.39 is 9.84 Å². The number of benzene rings is 2. The lowest BCUT2D eigenvalue weighted by Gasteiger charge is -2.36. The number of hydrogen-bond donors (Lipinski definition) is 0. The summed E-state index contributed by atoms with van der Waals surface area (Å²) >= 11 is 0. The highest BCUT2D eigenvalue weighted by Gasteiger charge is 2.28. The number of piperazine rings is 1. The predicted molar refractivity (Wildman–Crippen MR) is 125 cm³/mol. The second kappa shape index (κ2) is 8.30. The highest BCUT2D eigenvalue weighted by molar-refractivity contribution is 7.91. The minimum absolute atomic E-state index is 0.184. The second-order valence-electron chi connectivity index (χ2n) is 8.65. The van der Waals surface area contributed by atoms with Crippen molar-refractivity contribution in [2.75, 3.05) is 41.9 Å². The van der Waals surface area contributed by atoms with Crippen LogP contribution in [-0.2, 0) is 9.84 Å². The minimum atomic E-state index is -3.38. The van der Waals surface area contributed by atoms with Crippen LogP contribution in [0, 0.1) is 5.82 Å². The van der Waals surface area contributed by atoms with Crippen molar-refractivity contribution in [1.29, 1.82) is 0 Å². The topological polar surface area (TPSA) is 75.6 Å². The van der Waals surface area contributed by atoms with E-state index in [-0.39, 0.29) is 16.7 Å². The van der Waals surface area contributed by atoms with Gasteiger partial charge in [0.05, 0.1) is 5.69 Å². The van der Waals surface area contributed by atoms with Gasteiger partial charge >= 0.3 is 0 Å². The van der Waals surface area contributed by atoms with Gasteiger partial charge in [-0.25, -0.2) is 22.8 Å². The van der Waals surface area contributed by atoms with E-state index in [1.807, 2.05) is 23.4 Å². The summed E-state index contributed by atoms with van der Waals surface area (Å²) in [4.78, 5) is 13.3. The van der Waals surface area contributed by atoms with Crippen molar-refractivity contribution >= 4 is 21.5 Å². The van der Waals surface area contributed by atoms with Crippen LogP contribution in [0.5, 0.6) is 5.75 Å². The molecule has 9 heteroatoms. The molecule has 1 aromatic heterocycles. The SMILES string of the molecule is CC(C)c1cnc(N2CCN(c3ccc(-c4ccc5c(c4)OCS5(=O)=O)cc3F)CC2)nc1. The van der Waals surface area contributed by atoms with Gasteiger partial charge in [-0.15, -0.1) is 0 Å². The van der Waals surface area contributed by atoms with Gasteiger partial charge in [0.2, 0.25) is 15.8 Å². The molecule has 0 aliphatic carbocycles. The normalized spacial score (nSPS) is 17.2. The highest BCUT2D eigenvalue weighted by Crippen LogP contribution is 2.36. The lowest BCUT2D eigenvalue weighted by atomic mass is 10.0. The lowest BCUT2D eigenvalue weighted by molar-refractivity contribution is 0.390. The highest BCUT2D eigenvalue weighted by atomic mass is 32.2. The van der Waals surface area contributed by atoms with E-state index >= 15 is 4.39 Å². The van der Waals surface area contributed by atoms with E-state index in [2.05, 4.69) is 28.7 Å². The summed E-state index contributed by atoms with van der Waals surface area (Å²) in [5.74, 6) is 0.747. The van der Waals surface area contributed by atoms with E-state index in [1.54, 1.807) is 18.2 Å². The van der Waals surface area contributed by atoms with Gasteiger partial charge in [-0.05, 0) is 46.9 Å². The Labute approximate surface area is 192 Å². The molecule has 33 heavy (non-hydrogen) atoms. The van der Waals surface area contributed by atoms with Crippen molar-refractivity contribution in [3.8, 4) is 16.9 Å². The summed E-state index contributed by atoms with van der Waals surface area (Å²) in [6, 6.07) is 9.97. The minimum Gasteiger partial charge on any atom is -0.476 e. The quantitative estimate of drug-likeness (QED) is 0.576. The number of halogens is 1. The van der Waals surface area contributed by atoms with Crippen LogP contribution in [0.1, 0.15) is 25.3 Å². The van der Waals surface area contributed by atoms with Crippen LogP contribution in [0.25, 0.3) is 11.1 Å². The Morgan fingerprint density at radius 3 is 2.24 bits per heavy atom. The van der Waals surface area contributed by atoms with E-state index in [0.717, 1.165) is 5.56 Å². The number of ether oxygens (including phenoxy) is 1. The van der Waals surface area contributed by atoms with E-state index in [0.29, 0.717) is 60.6 Å². The van der Waals surface area contributed by atoms with Gasteiger partial charge in [-0.2, -0.15) is 0 Å². The molecule has 3 heterocycles. The first-order chi connectivity index (χ1) is 15.8. The Morgan fingerprint density at radius 1 is 0.939 bits per heavy atom. The molecule has 3 aromatic rings. The zero-order chi connectivity index (χ0) is 23.2. The van der Waals surface area contributed by atoms with Crippen LogP contribution in [0.4, 0.5) is 16.0 Å². The van der Waals surface area contributed by atoms with Crippen molar-refractivity contribution in [2.45, 2.75) is 24.7 Å². The average molecular weight is 469 g/mol. The average Bonchev–Trinajstić information content (AvgIpc) is 3.13. The molecule has 0 N–H and O–H groups in total. The van der Waals surface area contributed by atoms with Crippen molar-refractivity contribution in [3.63, 3.8) is 0 Å². The molecule has 2 aliphatic heterocycles. The fourth-order valence-corrected chi connectivity index (χ4v) is 5.25. The molecule has 0 atom stereocenters. The van der Waals surface area contributed by atoms with Gasteiger partial charge in [0, 0.05) is 38.6 Å². The van der Waals surface area contributed by atoms with Crippen molar-refractivity contribution in [2.24, 2.45) is 0 Å². The van der Waals surface area contributed by atoms with Gasteiger partial charge in [0.15, 0.2) is 5.94 Å². The van der Waals surface area contributed by atoms with Crippen LogP contribution in [-0.4, -0.2) is 50.5 Å². The van der Waals surface area contributed by atoms with Crippen LogP contribution >= 0.6 is 0 Å². The number of sulfone groups is 1. The van der Waals surface area contributed by atoms with E-state index in [9.17, 15) is 8.42 Å². The number of aromatic nitrogens is 2. The number of hydrogen-bond acceptors (Lipinski definition) is 7. The van der Waals surface area contributed by atoms with Crippen LogP contribution in [0.2, 0.25) is 0 Å². The number of nitrogens with zero attached hydrogens (tertiary/aromatic N) is 4. The Bertz CT molecular complexity index is 1290. The Morgan fingerprint density at radius 2 is 1.58 bits per heavy atom. The first-order valence-electron chi connectivity index (χ1n) is 10.9. The second-order valence-corrected chi connectivity index (χ2v) is 10.6. The van der Waals surface area contributed by atoms with Crippen molar-refractivity contribution in [1.82, 2.24) is 9.97 Å². The van der Waals surface area contributed by atoms with Crippen LogP contribution < -0.4 is 14.5 Å². The molecule has 0 saturated carbocycles. The standard InChI is InChI=1S/C24H25FN4O3S/c1-16(2)19-13-26-24(27-14-19)29-9-7-28(8-10-29)21-5-3-17(11-20(21)25)18-4-6-23-22(12-18)32-15-33(23,30)31/h3-6,11-14,16H,7-10,15H2,1-2H3. The van der Waals surface area contributed by atoms with Gasteiger partial charge in [0.1, 0.15) is 16.5 Å². The van der Waals surface area contributed by atoms with Crippen LogP contribution in [0.3, 0.4) is 0 Å². The van der Waals surface area contributed by atoms with Gasteiger partial charge < -0.3 is 14.5 Å². The first kappa shape index (κ1) is 21.6. The third-order valence-corrected chi connectivity index (χ3v) is 7.59. The molecule has 1 saturated heterocycles. The molecule has 5 rings (SSSR count). The zero-order valence-corrected chi connectivity index (χ0v) is 19.3. The fraction of sp³-hybridized carbons (Fsp3) is 0.333. The van der Waals surface area contributed by atoms with E-state index in [1.165, 1.54) is 12.1 Å². The zero-order valence-electron chi connectivity index (χ0n) is 18.5. The number of anilines is 2. The van der Waals surface area contributed by atoms with Gasteiger partial charge in [-0.1, -0.05) is 26.0 Å². The molecule has 0 spiro atoms. The Kier molecular flexibility index (Phi) is 5.44. The smallest absolute Gasteiger partial charge is 0.225 e. The fourth-order valence-electron chi connectivity index (χ4n) is 4.14. The third kappa shape index (κ3) is 4.13. The summed E-state index contributed by atoms with van der Waals surface area (Å²) in [5.41, 5.74) is 3.04. The Balaban J connectivity index is 1.29. The van der Waals surface area contributed by atoms with Gasteiger partial charge in [0.25, 0.3) is 0 Å². The summed E-state index contributed by atoms with van der Waals surface area (Å²) in [6.45, 7) is 6.96. The monoisotopic (exact) mass is 468 g/mol. The maximum atomic E-state index is 15.1. The van der Waals surface area contributed by atoms with Gasteiger partial charge in [-0.3, -0.25) is 0 Å². The lowest BCUT2D eigenvalue weighted by Crippen LogP contribution is -2.47. The largest absolute Gasteiger partial charge is 0.476 e. The summed E-state index contributed by atoms with van der Waals surface area (Å²) in [6.07, 6.45) is 3.74. The summed E-state index contributed by atoms with van der Waals surface area (Å²) in [7, 11) is -3.38. The van der Waals surface area contributed by atoms with Crippen molar-refractivity contribution in [3.05, 3.63) is 60.2 Å². The first-order valence-corrected chi connectivity index (χ1v) is 12.6. The molecule has 0 bridgehead atoms. The number of fused-ring (bicyclic) bond motifs is 1. The van der Waals surface area contributed by atoms with E-state index in [4.69, 9.17) is 4.74 Å². The summed E-state index contributed by atoms with van der Waals surface area (Å²) < 4.78 is 44.2. The molecular weight excluding hydrogens is 443 g/mol. The van der Waals surface area contributed by atoms with Crippen LogP contribution in [0.15, 0.2) is 53.7 Å². The molecule has 2 aliphatic rings. The Hall–Kier alpha value is -3.20. The molecule has 172 valence electrons. The molecule has 7 nitrogen and oxygen atoms in total. The summed E-state index contributed by atoms with van der Waals surface area (Å²) in [5, 5.41) is 0. The maximum absolute atomic E-state index is 15.1. The third-order valence-electron chi connectivity index (χ3n) is 6.16. The van der Waals surface area contributed by atoms with Crippen molar-refractivity contribution < 1.29 is 17.5 Å². The maximum Gasteiger partial charge on any atom is 0.225 e. The number of rotatable bonds is 4. The molecule has 0 unspecified atom stereocenters. The molecule has 0 radical (unpaired) electrons. The molecule has 1 fully saturated rings. The molecular formula is C24H25FN4O3S. The molecule has 2 aromatic carbocycles. The molecule has 0 amide bonds. The predicted octanol–water partition coefficient (Wildman–Crippen LogP) is 3.86.